The maximum absolute atomic E-state index is 10.8. The lowest BCUT2D eigenvalue weighted by atomic mass is 10.2. The van der Waals surface area contributed by atoms with E-state index in [1.807, 2.05) is 6.07 Å². The van der Waals surface area contributed by atoms with Gasteiger partial charge in [0.2, 0.25) is 0 Å². The van der Waals surface area contributed by atoms with E-state index >= 15 is 0 Å². The Balaban J connectivity index is 2.68. The van der Waals surface area contributed by atoms with E-state index in [2.05, 4.69) is 4.98 Å². The summed E-state index contributed by atoms with van der Waals surface area (Å²) in [6.07, 6.45) is 3.28. The molecule has 2 heterocycles. The minimum absolute atomic E-state index is 0.542. The molecule has 0 atom stereocenters. The molecule has 0 aliphatic heterocycles. The molecule has 0 unspecified atom stereocenters. The van der Waals surface area contributed by atoms with Crippen molar-refractivity contribution in [2.24, 2.45) is 12.8 Å². The topological polar surface area (TPSA) is 84.8 Å². The summed E-state index contributed by atoms with van der Waals surface area (Å²) in [4.78, 5) is 15.2. The van der Waals surface area contributed by atoms with E-state index in [1.54, 1.807) is 23.7 Å². The van der Waals surface area contributed by atoms with Crippen LogP contribution in [0.4, 0.5) is 0 Å². The number of aromatic nitrogens is 2. The molecule has 0 radical (unpaired) electrons. The number of aryl methyl sites for hydroxylation is 1. The zero-order chi connectivity index (χ0) is 12.4. The molecule has 5 heteroatoms. The number of hydrogen-bond donors (Lipinski definition) is 2. The molecule has 2 aromatic heterocycles. The van der Waals surface area contributed by atoms with Gasteiger partial charge >= 0.3 is 0 Å². The third-order valence-electron chi connectivity index (χ3n) is 2.67. The SMILES string of the molecule is Cn1c(C=O)cc2ccc(C(C=N)=CN)nc21. The van der Waals surface area contributed by atoms with Gasteiger partial charge in [0, 0.05) is 30.4 Å². The van der Waals surface area contributed by atoms with Gasteiger partial charge in [-0.25, -0.2) is 4.98 Å². The first-order valence-electron chi connectivity index (χ1n) is 5.05. The molecule has 17 heavy (non-hydrogen) atoms. The van der Waals surface area contributed by atoms with E-state index in [4.69, 9.17) is 11.1 Å². The Kier molecular flexibility index (Phi) is 2.74. The van der Waals surface area contributed by atoms with Crippen molar-refractivity contribution in [1.29, 1.82) is 5.41 Å². The fraction of sp³-hybridized carbons (Fsp3) is 0.0833. The molecule has 0 saturated carbocycles. The zero-order valence-electron chi connectivity index (χ0n) is 9.34. The lowest BCUT2D eigenvalue weighted by Crippen LogP contribution is -1.98. The summed E-state index contributed by atoms with van der Waals surface area (Å²) in [5, 5.41) is 8.11. The maximum atomic E-state index is 10.8. The van der Waals surface area contributed by atoms with Crippen LogP contribution in [0.2, 0.25) is 0 Å². The molecule has 2 rings (SSSR count). The standard InChI is InChI=1S/C12H12N4O/c1-16-10(7-17)4-8-2-3-11(15-12(8)16)9(5-13)6-14/h2-7,13H,14H2,1H3. The van der Waals surface area contributed by atoms with E-state index in [0.717, 1.165) is 17.9 Å². The van der Waals surface area contributed by atoms with E-state index in [1.165, 1.54) is 6.20 Å². The highest BCUT2D eigenvalue weighted by molar-refractivity contribution is 6.07. The van der Waals surface area contributed by atoms with Gasteiger partial charge in [-0.05, 0) is 18.2 Å². The normalized spacial score (nSPS) is 11.7. The smallest absolute Gasteiger partial charge is 0.166 e. The van der Waals surface area contributed by atoms with Gasteiger partial charge in [0.1, 0.15) is 5.65 Å². The minimum atomic E-state index is 0.542. The number of allylic oxidation sites excluding steroid dienone is 1. The fourth-order valence-corrected chi connectivity index (χ4v) is 1.70. The highest BCUT2D eigenvalue weighted by Gasteiger charge is 2.08. The molecule has 3 N–H and O–H groups in total. The van der Waals surface area contributed by atoms with E-state index in [9.17, 15) is 4.79 Å². The summed E-state index contributed by atoms with van der Waals surface area (Å²) in [5.41, 5.74) is 7.84. The quantitative estimate of drug-likeness (QED) is 0.614. The second-order valence-corrected chi connectivity index (χ2v) is 3.62. The monoisotopic (exact) mass is 228 g/mol. The van der Waals surface area contributed by atoms with Crippen molar-refractivity contribution >= 4 is 29.1 Å². The lowest BCUT2D eigenvalue weighted by molar-refractivity contribution is 0.111. The molecule has 0 bridgehead atoms. The molecule has 5 nitrogen and oxygen atoms in total. The number of pyridine rings is 1. The van der Waals surface area contributed by atoms with Crippen LogP contribution < -0.4 is 5.73 Å². The third-order valence-corrected chi connectivity index (χ3v) is 2.67. The zero-order valence-corrected chi connectivity index (χ0v) is 9.34. The average molecular weight is 228 g/mol. The minimum Gasteiger partial charge on any atom is -0.404 e. The van der Waals surface area contributed by atoms with Gasteiger partial charge < -0.3 is 15.7 Å². The first kappa shape index (κ1) is 11.1. The number of carbonyl (C=O) groups excluding carboxylic acids is 1. The molecule has 0 spiro atoms. The fourth-order valence-electron chi connectivity index (χ4n) is 1.70. The van der Waals surface area contributed by atoms with Crippen LogP contribution in [0.3, 0.4) is 0 Å². The predicted octanol–water partition coefficient (Wildman–Crippen LogP) is 1.33. The molecule has 86 valence electrons. The van der Waals surface area contributed by atoms with E-state index < -0.39 is 0 Å². The van der Waals surface area contributed by atoms with Crippen molar-refractivity contribution in [3.05, 3.63) is 35.8 Å². The molecule has 0 fully saturated rings. The highest BCUT2D eigenvalue weighted by atomic mass is 16.1. The number of rotatable bonds is 3. The average Bonchev–Trinajstić information content (AvgIpc) is 2.68. The van der Waals surface area contributed by atoms with Gasteiger partial charge in [0.25, 0.3) is 0 Å². The van der Waals surface area contributed by atoms with Gasteiger partial charge in [0.05, 0.1) is 11.4 Å². The first-order valence-corrected chi connectivity index (χ1v) is 5.05. The molecule has 0 aliphatic carbocycles. The number of aldehydes is 1. The van der Waals surface area contributed by atoms with E-state index in [-0.39, 0.29) is 0 Å². The van der Waals surface area contributed by atoms with Crippen LogP contribution in [-0.2, 0) is 7.05 Å². The van der Waals surface area contributed by atoms with Gasteiger partial charge in [-0.3, -0.25) is 4.79 Å². The molecule has 0 amide bonds. The third kappa shape index (κ3) is 1.71. The van der Waals surface area contributed by atoms with Crippen molar-refractivity contribution < 1.29 is 4.79 Å². The molecule has 2 aromatic rings. The van der Waals surface area contributed by atoms with Gasteiger partial charge in [-0.2, -0.15) is 0 Å². The van der Waals surface area contributed by atoms with Gasteiger partial charge in [-0.1, -0.05) is 0 Å². The summed E-state index contributed by atoms with van der Waals surface area (Å²) in [6, 6.07) is 5.41. The summed E-state index contributed by atoms with van der Waals surface area (Å²) >= 11 is 0. The van der Waals surface area contributed by atoms with Gasteiger partial charge in [-0.15, -0.1) is 0 Å². The molecular weight excluding hydrogens is 216 g/mol. The number of nitrogens with two attached hydrogens (primary N) is 1. The Morgan fingerprint density at radius 3 is 2.88 bits per heavy atom. The Labute approximate surface area is 98.1 Å². The van der Waals surface area contributed by atoms with Crippen molar-refractivity contribution in [1.82, 2.24) is 9.55 Å². The maximum Gasteiger partial charge on any atom is 0.166 e. The van der Waals surface area contributed by atoms with Crippen LogP contribution in [-0.4, -0.2) is 22.1 Å². The largest absolute Gasteiger partial charge is 0.404 e. The van der Waals surface area contributed by atoms with Crippen LogP contribution in [0, 0.1) is 5.41 Å². The first-order chi connectivity index (χ1) is 8.21. The predicted molar refractivity (Wildman–Crippen MR) is 67.0 cm³/mol. The second kappa shape index (κ2) is 4.21. The number of nitrogens with one attached hydrogen (secondary N) is 1. The van der Waals surface area contributed by atoms with Crippen molar-refractivity contribution in [3.63, 3.8) is 0 Å². The van der Waals surface area contributed by atoms with E-state index in [0.29, 0.717) is 22.6 Å². The molecule has 0 aliphatic rings. The van der Waals surface area contributed by atoms with Crippen LogP contribution in [0.25, 0.3) is 16.6 Å². The Morgan fingerprint density at radius 2 is 2.29 bits per heavy atom. The number of nitrogens with zero attached hydrogens (tertiary/aromatic N) is 2. The Hall–Kier alpha value is -2.43. The molecule has 0 aromatic carbocycles. The highest BCUT2D eigenvalue weighted by Crippen LogP contribution is 2.18. The number of hydrogen-bond acceptors (Lipinski definition) is 4. The summed E-state index contributed by atoms with van der Waals surface area (Å²) < 4.78 is 1.71. The summed E-state index contributed by atoms with van der Waals surface area (Å²) in [7, 11) is 1.78. The Bertz CT molecular complexity index is 625. The van der Waals surface area contributed by atoms with Crippen molar-refractivity contribution in [3.8, 4) is 0 Å². The van der Waals surface area contributed by atoms with Crippen LogP contribution in [0.5, 0.6) is 0 Å². The van der Waals surface area contributed by atoms with Crippen LogP contribution in [0.15, 0.2) is 24.4 Å². The summed E-state index contributed by atoms with van der Waals surface area (Å²) in [6.45, 7) is 0. The lowest BCUT2D eigenvalue weighted by Gasteiger charge is -2.02. The molecular formula is C12H12N4O. The molecule has 0 saturated heterocycles. The summed E-state index contributed by atoms with van der Waals surface area (Å²) in [5.74, 6) is 0. The van der Waals surface area contributed by atoms with Crippen LogP contribution >= 0.6 is 0 Å². The Morgan fingerprint density at radius 1 is 1.53 bits per heavy atom. The second-order valence-electron chi connectivity index (χ2n) is 3.62. The number of fused-ring (bicyclic) bond motifs is 1. The van der Waals surface area contributed by atoms with Gasteiger partial charge in [0.15, 0.2) is 6.29 Å². The number of carbonyl (C=O) groups is 1. The van der Waals surface area contributed by atoms with Crippen molar-refractivity contribution in [2.75, 3.05) is 0 Å². The van der Waals surface area contributed by atoms with Crippen molar-refractivity contribution in [2.45, 2.75) is 0 Å². The van der Waals surface area contributed by atoms with Crippen LogP contribution in [0.1, 0.15) is 16.2 Å².